The SMILES string of the molecule is CC(C)c1cc2nn(C3CCC(N4CCN(C5CN(c6cc(F)c([C@H]7CCC(=O)NC7=O)c(F)c6)C5)CC4)CC3)cc2cc1-n1ccc(C#N)c1O. The molecule has 2 N–H and O–H groups in total. The topological polar surface area (TPSA) is 123 Å². The monoisotopic (exact) mass is 710 g/mol. The summed E-state index contributed by atoms with van der Waals surface area (Å²) in [6.07, 6.45) is 8.37. The number of amides is 2. The minimum atomic E-state index is -0.992. The number of anilines is 1. The van der Waals surface area contributed by atoms with E-state index in [1.807, 2.05) is 11.0 Å². The predicted molar refractivity (Wildman–Crippen MR) is 191 cm³/mol. The minimum absolute atomic E-state index is 0.0472. The molecule has 13 heteroatoms. The van der Waals surface area contributed by atoms with Crippen LogP contribution in [0.1, 0.15) is 86.9 Å². The van der Waals surface area contributed by atoms with E-state index in [1.54, 1.807) is 16.8 Å². The molecular weight excluding hydrogens is 666 g/mol. The lowest BCUT2D eigenvalue weighted by molar-refractivity contribution is -0.134. The highest BCUT2D eigenvalue weighted by Gasteiger charge is 2.38. The van der Waals surface area contributed by atoms with Crippen molar-refractivity contribution in [1.82, 2.24) is 29.5 Å². The first-order chi connectivity index (χ1) is 25.1. The van der Waals surface area contributed by atoms with Gasteiger partial charge in [-0.2, -0.15) is 10.4 Å². The van der Waals surface area contributed by atoms with Crippen LogP contribution in [0, 0.1) is 23.0 Å². The molecule has 0 spiro atoms. The third-order valence-electron chi connectivity index (χ3n) is 11.8. The van der Waals surface area contributed by atoms with Crippen LogP contribution < -0.4 is 10.2 Å². The van der Waals surface area contributed by atoms with Gasteiger partial charge in [0, 0.05) is 86.8 Å². The van der Waals surface area contributed by atoms with Crippen molar-refractivity contribution in [2.75, 3.05) is 44.2 Å². The number of aromatic nitrogens is 3. The van der Waals surface area contributed by atoms with Crippen molar-refractivity contribution in [3.8, 4) is 17.6 Å². The van der Waals surface area contributed by atoms with E-state index in [0.717, 1.165) is 74.0 Å². The normalized spacial score (nSPS) is 23.6. The van der Waals surface area contributed by atoms with Crippen LogP contribution in [0.3, 0.4) is 0 Å². The number of imide groups is 1. The Morgan fingerprint density at radius 3 is 2.19 bits per heavy atom. The highest BCUT2D eigenvalue weighted by atomic mass is 19.1. The summed E-state index contributed by atoms with van der Waals surface area (Å²) >= 11 is 0. The number of nitrogens with zero attached hydrogens (tertiary/aromatic N) is 7. The molecule has 1 atom stereocenters. The van der Waals surface area contributed by atoms with Crippen LogP contribution in [0.15, 0.2) is 42.7 Å². The number of hydrogen-bond donors (Lipinski definition) is 2. The lowest BCUT2D eigenvalue weighted by Gasteiger charge is -2.50. The van der Waals surface area contributed by atoms with Gasteiger partial charge in [-0.25, -0.2) is 8.78 Å². The minimum Gasteiger partial charge on any atom is -0.493 e. The summed E-state index contributed by atoms with van der Waals surface area (Å²) in [7, 11) is 0. The zero-order chi connectivity index (χ0) is 36.3. The van der Waals surface area contributed by atoms with Crippen molar-refractivity contribution in [3.63, 3.8) is 0 Å². The van der Waals surface area contributed by atoms with Crippen LogP contribution in [0.2, 0.25) is 0 Å². The van der Waals surface area contributed by atoms with E-state index in [2.05, 4.69) is 52.0 Å². The van der Waals surface area contributed by atoms with Crippen molar-refractivity contribution in [2.45, 2.75) is 82.3 Å². The van der Waals surface area contributed by atoms with Crippen molar-refractivity contribution in [1.29, 1.82) is 5.26 Å². The molecule has 2 aromatic carbocycles. The van der Waals surface area contributed by atoms with E-state index < -0.39 is 29.4 Å². The number of aromatic hydroxyl groups is 1. The van der Waals surface area contributed by atoms with Crippen molar-refractivity contribution < 1.29 is 23.5 Å². The van der Waals surface area contributed by atoms with Crippen LogP contribution in [0.25, 0.3) is 16.6 Å². The Bertz CT molecular complexity index is 2040. The number of hydrogen-bond acceptors (Lipinski definition) is 8. The molecule has 0 unspecified atom stereocenters. The third kappa shape index (κ3) is 6.21. The fourth-order valence-corrected chi connectivity index (χ4v) is 8.77. The first kappa shape index (κ1) is 34.3. The second-order valence-corrected chi connectivity index (χ2v) is 15.2. The largest absolute Gasteiger partial charge is 0.493 e. The molecule has 4 fully saturated rings. The molecule has 4 aliphatic rings. The molecule has 2 aromatic heterocycles. The maximum Gasteiger partial charge on any atom is 0.234 e. The van der Waals surface area contributed by atoms with Gasteiger partial charge in [0.2, 0.25) is 17.7 Å². The van der Waals surface area contributed by atoms with Gasteiger partial charge in [-0.1, -0.05) is 13.8 Å². The highest BCUT2D eigenvalue weighted by Crippen LogP contribution is 2.37. The first-order valence-electron chi connectivity index (χ1n) is 18.5. The first-order valence-corrected chi connectivity index (χ1v) is 18.5. The number of piperazine rings is 1. The molecule has 8 rings (SSSR count). The summed E-state index contributed by atoms with van der Waals surface area (Å²) in [5, 5.41) is 28.2. The van der Waals surface area contributed by atoms with Crippen LogP contribution >= 0.6 is 0 Å². The van der Waals surface area contributed by atoms with Gasteiger partial charge in [-0.05, 0) is 73.9 Å². The molecule has 2 amide bonds. The van der Waals surface area contributed by atoms with Gasteiger partial charge >= 0.3 is 0 Å². The summed E-state index contributed by atoms with van der Waals surface area (Å²) in [5.41, 5.74) is 3.35. The van der Waals surface area contributed by atoms with Crippen LogP contribution in [0.4, 0.5) is 14.5 Å². The zero-order valence-corrected chi connectivity index (χ0v) is 29.6. The number of fused-ring (bicyclic) bond motifs is 1. The lowest BCUT2D eigenvalue weighted by atomic mass is 9.89. The van der Waals surface area contributed by atoms with Gasteiger partial charge in [-0.15, -0.1) is 0 Å². The Hall–Kier alpha value is -4.80. The van der Waals surface area contributed by atoms with Gasteiger partial charge in [-0.3, -0.25) is 34.0 Å². The average Bonchev–Trinajstić information content (AvgIpc) is 3.70. The van der Waals surface area contributed by atoms with Gasteiger partial charge in [0.1, 0.15) is 23.3 Å². The molecule has 4 aromatic rings. The zero-order valence-electron chi connectivity index (χ0n) is 29.6. The predicted octanol–water partition coefficient (Wildman–Crippen LogP) is 5.32. The average molecular weight is 711 g/mol. The Morgan fingerprint density at radius 2 is 1.58 bits per heavy atom. The van der Waals surface area contributed by atoms with E-state index in [0.29, 0.717) is 36.9 Å². The number of rotatable bonds is 7. The van der Waals surface area contributed by atoms with Gasteiger partial charge in [0.05, 0.1) is 23.2 Å². The molecule has 0 radical (unpaired) electrons. The fraction of sp³-hybridized carbons (Fsp3) is 0.487. The van der Waals surface area contributed by atoms with Crippen LogP contribution in [-0.4, -0.2) is 92.4 Å². The number of nitrogens with one attached hydrogen (secondary N) is 1. The van der Waals surface area contributed by atoms with E-state index in [9.17, 15) is 20.0 Å². The molecule has 1 saturated carbocycles. The highest BCUT2D eigenvalue weighted by molar-refractivity contribution is 6.01. The molecular formula is C39H44F2N8O3. The second-order valence-electron chi connectivity index (χ2n) is 15.2. The maximum absolute atomic E-state index is 15.1. The fourth-order valence-electron chi connectivity index (χ4n) is 8.77. The van der Waals surface area contributed by atoms with E-state index >= 15 is 8.78 Å². The molecule has 1 aliphatic carbocycles. The Labute approximate surface area is 301 Å². The number of nitriles is 1. The molecule has 272 valence electrons. The Balaban J connectivity index is 0.841. The second kappa shape index (κ2) is 13.6. The van der Waals surface area contributed by atoms with E-state index in [4.69, 9.17) is 5.10 Å². The van der Waals surface area contributed by atoms with Crippen LogP contribution in [0.5, 0.6) is 5.88 Å². The smallest absolute Gasteiger partial charge is 0.234 e. The quantitative estimate of drug-likeness (QED) is 0.248. The van der Waals surface area contributed by atoms with Crippen molar-refractivity contribution >= 4 is 28.4 Å². The summed E-state index contributed by atoms with van der Waals surface area (Å²) in [5.74, 6) is -3.37. The van der Waals surface area contributed by atoms with Gasteiger partial charge in [0.25, 0.3) is 0 Å². The van der Waals surface area contributed by atoms with E-state index in [-0.39, 0.29) is 35.8 Å². The molecule has 52 heavy (non-hydrogen) atoms. The van der Waals surface area contributed by atoms with E-state index in [1.165, 1.54) is 12.1 Å². The number of carbonyl (C=O) groups excluding carboxylic acids is 2. The van der Waals surface area contributed by atoms with Crippen molar-refractivity contribution in [3.05, 3.63) is 71.1 Å². The van der Waals surface area contributed by atoms with Gasteiger partial charge < -0.3 is 10.0 Å². The number of piperidine rings is 1. The number of benzene rings is 2. The Morgan fingerprint density at radius 1 is 0.923 bits per heavy atom. The maximum atomic E-state index is 15.1. The third-order valence-corrected chi connectivity index (χ3v) is 11.8. The summed E-state index contributed by atoms with van der Waals surface area (Å²) < 4.78 is 34.0. The summed E-state index contributed by atoms with van der Waals surface area (Å²) in [6, 6.07) is 11.7. The number of carbonyl (C=O) groups is 2. The Kier molecular flexibility index (Phi) is 8.99. The summed E-state index contributed by atoms with van der Waals surface area (Å²) in [6.45, 7) is 9.58. The molecule has 3 aliphatic heterocycles. The summed E-state index contributed by atoms with van der Waals surface area (Å²) in [4.78, 5) is 30.8. The van der Waals surface area contributed by atoms with Gasteiger partial charge in [0.15, 0.2) is 0 Å². The molecule has 5 heterocycles. The van der Waals surface area contributed by atoms with Crippen LogP contribution in [-0.2, 0) is 9.59 Å². The standard InChI is InChI=1S/C39H44F2N8O3/c1-23(2)31-18-34-25(15-35(31)48-10-9-24(19-42)39(48)52)20-49(44-34)27-5-3-26(4-6-27)45-11-13-46(14-12-45)29-21-47(22-29)28-16-32(40)37(33(41)17-28)30-7-8-36(50)43-38(30)51/h9-10,15-18,20,23,26-27,29-30,52H,3-8,11-14,21-22H2,1-2H3,(H,43,50,51)/t26?,27?,30-/m1/s1. The molecule has 11 nitrogen and oxygen atoms in total. The van der Waals surface area contributed by atoms with Crippen molar-refractivity contribution in [2.24, 2.45) is 0 Å². The number of halogens is 2. The molecule has 3 saturated heterocycles. The lowest BCUT2D eigenvalue weighted by Crippen LogP contribution is -2.64. The molecule has 0 bridgehead atoms.